The zero-order valence-corrected chi connectivity index (χ0v) is 17.5. The van der Waals surface area contributed by atoms with Crippen LogP contribution in [0.15, 0.2) is 6.20 Å². The van der Waals surface area contributed by atoms with Crippen molar-refractivity contribution in [2.24, 2.45) is 0 Å². The Balaban J connectivity index is 1.43. The molecule has 2 saturated heterocycles. The van der Waals surface area contributed by atoms with E-state index in [4.69, 9.17) is 0 Å². The number of carbonyl (C=O) groups is 2. The Labute approximate surface area is 184 Å². The zero-order valence-electron chi connectivity index (χ0n) is 17.5. The maximum Gasteiger partial charge on any atom is 0.434 e. The molecule has 3 aliphatic rings. The van der Waals surface area contributed by atoms with E-state index in [9.17, 15) is 35.9 Å². The zero-order chi connectivity index (χ0) is 24.0. The van der Waals surface area contributed by atoms with Crippen molar-refractivity contribution >= 4 is 12.0 Å². The normalized spacial score (nSPS) is 20.9. The molecule has 4 rings (SSSR count). The van der Waals surface area contributed by atoms with Gasteiger partial charge in [-0.2, -0.15) is 26.3 Å². The smallest absolute Gasteiger partial charge is 0.426 e. The molecule has 1 aromatic heterocycles. The quantitative estimate of drug-likeness (QED) is 0.655. The number of rotatable bonds is 2. The molecular formula is C19H23F6N5O3. The molecule has 0 saturated carbocycles. The highest BCUT2D eigenvalue weighted by molar-refractivity contribution is 5.93. The fraction of sp³-hybridized carbons (Fsp3) is 0.737. The summed E-state index contributed by atoms with van der Waals surface area (Å²) in [6.07, 6.45) is -14.0. The molecule has 0 aromatic carbocycles. The van der Waals surface area contributed by atoms with Crippen LogP contribution >= 0.6 is 0 Å². The van der Waals surface area contributed by atoms with Gasteiger partial charge in [0, 0.05) is 38.3 Å². The van der Waals surface area contributed by atoms with Gasteiger partial charge in [0.15, 0.2) is 0 Å². The molecule has 8 nitrogen and oxygen atoms in total. The molecule has 4 heterocycles. The Kier molecular flexibility index (Phi) is 5.99. The number of nitrogens with one attached hydrogen (secondary N) is 1. The van der Waals surface area contributed by atoms with E-state index in [1.807, 2.05) is 4.57 Å². The number of amides is 2. The van der Waals surface area contributed by atoms with E-state index < -0.39 is 30.1 Å². The highest BCUT2D eigenvalue weighted by atomic mass is 19.4. The number of nitrogens with zero attached hydrogens (tertiary/aromatic N) is 4. The number of hydrogen-bond acceptors (Lipinski definition) is 5. The first kappa shape index (κ1) is 23.6. The minimum atomic E-state index is -5.76. The molecule has 0 aliphatic carbocycles. The summed E-state index contributed by atoms with van der Waals surface area (Å²) < 4.78 is 81.9. The summed E-state index contributed by atoms with van der Waals surface area (Å²) in [6.45, 7) is 2.09. The summed E-state index contributed by atoms with van der Waals surface area (Å²) >= 11 is 0. The Bertz CT molecular complexity index is 893. The second kappa shape index (κ2) is 8.37. The van der Waals surface area contributed by atoms with Crippen LogP contribution in [0.4, 0.5) is 31.1 Å². The maximum absolute atomic E-state index is 13.3. The molecule has 33 heavy (non-hydrogen) atoms. The van der Waals surface area contributed by atoms with Crippen molar-refractivity contribution < 1.29 is 40.7 Å². The number of carbonyl (C=O) groups excluding carboxylic acids is 2. The van der Waals surface area contributed by atoms with Crippen molar-refractivity contribution in [3.05, 3.63) is 17.7 Å². The van der Waals surface area contributed by atoms with Gasteiger partial charge in [0.05, 0.1) is 12.7 Å². The third-order valence-corrected chi connectivity index (χ3v) is 6.56. The number of ether oxygens (including phenoxy) is 1. The number of fused-ring (bicyclic) bond motifs is 1. The van der Waals surface area contributed by atoms with Gasteiger partial charge in [-0.25, -0.2) is 9.78 Å². The highest BCUT2D eigenvalue weighted by Crippen LogP contribution is 2.40. The van der Waals surface area contributed by atoms with E-state index in [0.717, 1.165) is 10.7 Å². The number of aromatic nitrogens is 2. The Morgan fingerprint density at radius 1 is 1.03 bits per heavy atom. The molecule has 0 bridgehead atoms. The van der Waals surface area contributed by atoms with Crippen LogP contribution < -0.4 is 5.32 Å². The van der Waals surface area contributed by atoms with Crippen LogP contribution in [0, 0.1) is 0 Å². The number of likely N-dealkylation sites (tertiary alicyclic amines) is 2. The van der Waals surface area contributed by atoms with Gasteiger partial charge in [0.1, 0.15) is 11.5 Å². The average Bonchev–Trinajstić information content (AvgIpc) is 3.35. The summed E-state index contributed by atoms with van der Waals surface area (Å²) in [5.74, 6) is 0.540. The van der Waals surface area contributed by atoms with Crippen LogP contribution in [-0.2, 0) is 17.8 Å². The maximum atomic E-state index is 13.3. The average molecular weight is 483 g/mol. The first-order valence-corrected chi connectivity index (χ1v) is 10.6. The lowest BCUT2D eigenvalue weighted by Gasteiger charge is -2.44. The molecule has 2 fully saturated rings. The van der Waals surface area contributed by atoms with E-state index >= 15 is 0 Å². The topological polar surface area (TPSA) is 79.7 Å². The van der Waals surface area contributed by atoms with Gasteiger partial charge < -0.3 is 24.4 Å². The first-order chi connectivity index (χ1) is 15.4. The lowest BCUT2D eigenvalue weighted by atomic mass is 9.85. The molecule has 0 atom stereocenters. The van der Waals surface area contributed by atoms with Crippen molar-refractivity contribution in [3.8, 4) is 0 Å². The van der Waals surface area contributed by atoms with Gasteiger partial charge in [0.2, 0.25) is 0 Å². The van der Waals surface area contributed by atoms with Crippen molar-refractivity contribution in [2.75, 3.05) is 26.2 Å². The third kappa shape index (κ3) is 4.49. The standard InChI is InChI=1S/C19H23F6N5O3/c20-18(21,22)15(19(23,24)25)33-16(32)28-7-3-17(4-8-28)2-1-6-30(17)14(31)12-10-27-13-11-26-5-9-29(12)13/h10,15,26H,1-9,11H2. The molecule has 3 aliphatic heterocycles. The van der Waals surface area contributed by atoms with E-state index in [-0.39, 0.29) is 31.8 Å². The lowest BCUT2D eigenvalue weighted by molar-refractivity contribution is -0.308. The highest BCUT2D eigenvalue weighted by Gasteiger charge is 2.60. The summed E-state index contributed by atoms with van der Waals surface area (Å²) in [7, 11) is 0. The largest absolute Gasteiger partial charge is 0.434 e. The van der Waals surface area contributed by atoms with Crippen molar-refractivity contribution in [3.63, 3.8) is 0 Å². The summed E-state index contributed by atoms with van der Waals surface area (Å²) in [5, 5.41) is 3.17. The Morgan fingerprint density at radius 2 is 1.70 bits per heavy atom. The molecule has 1 aromatic rings. The SMILES string of the molecule is O=C(OC(C(F)(F)F)C(F)(F)F)N1CCC2(CCCN2C(=O)c2cnc3n2CCNC3)CC1. The van der Waals surface area contributed by atoms with Gasteiger partial charge in [0.25, 0.3) is 12.0 Å². The number of halogens is 6. The molecule has 0 radical (unpaired) electrons. The van der Waals surface area contributed by atoms with Gasteiger partial charge in [-0.15, -0.1) is 0 Å². The molecule has 184 valence electrons. The summed E-state index contributed by atoms with van der Waals surface area (Å²) in [6, 6.07) is 0. The van der Waals surface area contributed by atoms with Crippen LogP contribution in [-0.4, -0.2) is 81.5 Å². The predicted molar refractivity (Wildman–Crippen MR) is 100 cm³/mol. The van der Waals surface area contributed by atoms with Crippen LogP contribution in [0.5, 0.6) is 0 Å². The van der Waals surface area contributed by atoms with Gasteiger partial charge in [-0.1, -0.05) is 0 Å². The fourth-order valence-electron chi connectivity index (χ4n) is 4.88. The van der Waals surface area contributed by atoms with Crippen LogP contribution in [0.3, 0.4) is 0 Å². The molecule has 0 unspecified atom stereocenters. The second-order valence-electron chi connectivity index (χ2n) is 8.51. The van der Waals surface area contributed by atoms with E-state index in [2.05, 4.69) is 15.0 Å². The third-order valence-electron chi connectivity index (χ3n) is 6.56. The van der Waals surface area contributed by atoms with E-state index in [1.54, 1.807) is 4.90 Å². The Hall–Kier alpha value is -2.51. The minimum Gasteiger partial charge on any atom is -0.426 e. The summed E-state index contributed by atoms with van der Waals surface area (Å²) in [4.78, 5) is 32.2. The monoisotopic (exact) mass is 483 g/mol. The minimum absolute atomic E-state index is 0.112. The van der Waals surface area contributed by atoms with Crippen molar-refractivity contribution in [1.29, 1.82) is 0 Å². The molecular weight excluding hydrogens is 460 g/mol. The Morgan fingerprint density at radius 3 is 2.33 bits per heavy atom. The van der Waals surface area contributed by atoms with Crippen LogP contribution in [0.25, 0.3) is 0 Å². The van der Waals surface area contributed by atoms with Crippen molar-refractivity contribution in [1.82, 2.24) is 24.7 Å². The first-order valence-electron chi connectivity index (χ1n) is 10.6. The number of hydrogen-bond donors (Lipinski definition) is 1. The van der Waals surface area contributed by atoms with Crippen LogP contribution in [0.2, 0.25) is 0 Å². The van der Waals surface area contributed by atoms with Crippen LogP contribution in [0.1, 0.15) is 42.0 Å². The molecule has 2 amide bonds. The number of alkyl halides is 6. The predicted octanol–water partition coefficient (Wildman–Crippen LogP) is 2.69. The molecule has 14 heteroatoms. The van der Waals surface area contributed by atoms with Crippen molar-refractivity contribution in [2.45, 2.75) is 62.8 Å². The molecule has 1 N–H and O–H groups in total. The number of imidazole rings is 1. The van der Waals surface area contributed by atoms with E-state index in [1.165, 1.54) is 6.20 Å². The second-order valence-corrected chi connectivity index (χ2v) is 8.51. The summed E-state index contributed by atoms with van der Waals surface area (Å²) in [5.41, 5.74) is -0.160. The van der Waals surface area contributed by atoms with E-state index in [0.29, 0.717) is 44.7 Å². The fourth-order valence-corrected chi connectivity index (χ4v) is 4.88. The van der Waals surface area contributed by atoms with Gasteiger partial charge in [-0.3, -0.25) is 4.79 Å². The number of piperidine rings is 1. The van der Waals surface area contributed by atoms with Gasteiger partial charge >= 0.3 is 18.4 Å². The molecule has 1 spiro atoms. The lowest BCUT2D eigenvalue weighted by Crippen LogP contribution is -2.56. The van der Waals surface area contributed by atoms with Gasteiger partial charge in [-0.05, 0) is 25.7 Å².